The van der Waals surface area contributed by atoms with Crippen molar-refractivity contribution in [1.29, 1.82) is 0 Å². The van der Waals surface area contributed by atoms with E-state index in [1.54, 1.807) is 13.8 Å². The van der Waals surface area contributed by atoms with Crippen molar-refractivity contribution in [2.75, 3.05) is 11.9 Å². The van der Waals surface area contributed by atoms with Crippen molar-refractivity contribution in [2.24, 2.45) is 0 Å². The standard InChI is InChI=1S/C13H16F3N3O2/c1-8(2)18-12(21)19-11(20)7-17-10-5-3-9(4-6-10)13(14,15)16/h3-6,8,17H,7H2,1-2H3,(H2,18,19,20,21). The molecule has 0 heterocycles. The molecule has 3 N–H and O–H groups in total. The van der Waals surface area contributed by atoms with Crippen molar-refractivity contribution in [2.45, 2.75) is 26.1 Å². The van der Waals surface area contributed by atoms with E-state index in [0.29, 0.717) is 5.69 Å². The Morgan fingerprint density at radius 2 is 1.71 bits per heavy atom. The Hall–Kier alpha value is -2.25. The lowest BCUT2D eigenvalue weighted by atomic mass is 10.2. The molecule has 116 valence electrons. The molecule has 0 atom stereocenters. The first-order valence-corrected chi connectivity index (χ1v) is 6.20. The molecule has 8 heteroatoms. The van der Waals surface area contributed by atoms with Gasteiger partial charge in [0.25, 0.3) is 0 Å². The van der Waals surface area contributed by atoms with Crippen molar-refractivity contribution >= 4 is 17.6 Å². The van der Waals surface area contributed by atoms with Gasteiger partial charge in [0.1, 0.15) is 0 Å². The minimum Gasteiger partial charge on any atom is -0.376 e. The summed E-state index contributed by atoms with van der Waals surface area (Å²) in [6.07, 6.45) is -4.40. The smallest absolute Gasteiger partial charge is 0.376 e. The van der Waals surface area contributed by atoms with E-state index in [0.717, 1.165) is 12.1 Å². The molecule has 0 aliphatic carbocycles. The molecule has 1 aromatic rings. The highest BCUT2D eigenvalue weighted by molar-refractivity contribution is 5.96. The van der Waals surface area contributed by atoms with Crippen LogP contribution in [0.25, 0.3) is 0 Å². The molecule has 21 heavy (non-hydrogen) atoms. The molecule has 3 amide bonds. The van der Waals surface area contributed by atoms with E-state index in [1.165, 1.54) is 12.1 Å². The third-order valence-corrected chi connectivity index (χ3v) is 2.34. The summed E-state index contributed by atoms with van der Waals surface area (Å²) in [7, 11) is 0. The van der Waals surface area contributed by atoms with Crippen LogP contribution in [0.15, 0.2) is 24.3 Å². The topological polar surface area (TPSA) is 70.2 Å². The second kappa shape index (κ2) is 6.96. The fourth-order valence-electron chi connectivity index (χ4n) is 1.43. The van der Waals surface area contributed by atoms with Crippen LogP contribution in [0, 0.1) is 0 Å². The van der Waals surface area contributed by atoms with Crippen LogP contribution in [0.2, 0.25) is 0 Å². The maximum absolute atomic E-state index is 12.4. The van der Waals surface area contributed by atoms with Crippen LogP contribution >= 0.6 is 0 Å². The summed E-state index contributed by atoms with van der Waals surface area (Å²) >= 11 is 0. The molecule has 1 aromatic carbocycles. The van der Waals surface area contributed by atoms with Crippen LogP contribution in [0.5, 0.6) is 0 Å². The Morgan fingerprint density at radius 3 is 2.19 bits per heavy atom. The van der Waals surface area contributed by atoms with Crippen molar-refractivity contribution in [3.05, 3.63) is 29.8 Å². The number of imide groups is 1. The van der Waals surface area contributed by atoms with Gasteiger partial charge in [-0.3, -0.25) is 10.1 Å². The summed E-state index contributed by atoms with van der Waals surface area (Å²) in [5.74, 6) is -0.590. The van der Waals surface area contributed by atoms with Gasteiger partial charge in [-0.1, -0.05) is 0 Å². The molecular weight excluding hydrogens is 287 g/mol. The SMILES string of the molecule is CC(C)NC(=O)NC(=O)CNc1ccc(C(F)(F)F)cc1. The van der Waals surface area contributed by atoms with Crippen LogP contribution < -0.4 is 16.0 Å². The molecule has 0 aliphatic heterocycles. The van der Waals surface area contributed by atoms with Gasteiger partial charge in [-0.2, -0.15) is 13.2 Å². The lowest BCUT2D eigenvalue weighted by molar-refractivity contribution is -0.137. The third kappa shape index (κ3) is 6.15. The van der Waals surface area contributed by atoms with Crippen LogP contribution in [0.3, 0.4) is 0 Å². The quantitative estimate of drug-likeness (QED) is 0.799. The molecule has 1 rings (SSSR count). The van der Waals surface area contributed by atoms with Crippen molar-refractivity contribution < 1.29 is 22.8 Å². The maximum Gasteiger partial charge on any atom is 0.416 e. The van der Waals surface area contributed by atoms with E-state index in [2.05, 4.69) is 16.0 Å². The molecule has 0 unspecified atom stereocenters. The molecule has 0 radical (unpaired) electrons. The Morgan fingerprint density at radius 1 is 1.14 bits per heavy atom. The van der Waals surface area contributed by atoms with E-state index in [-0.39, 0.29) is 12.6 Å². The van der Waals surface area contributed by atoms with E-state index < -0.39 is 23.7 Å². The third-order valence-electron chi connectivity index (χ3n) is 2.34. The molecule has 5 nitrogen and oxygen atoms in total. The summed E-state index contributed by atoms with van der Waals surface area (Å²) in [5, 5.41) is 7.18. The second-order valence-corrected chi connectivity index (χ2v) is 4.61. The van der Waals surface area contributed by atoms with E-state index in [9.17, 15) is 22.8 Å². The number of carbonyl (C=O) groups is 2. The Labute approximate surface area is 119 Å². The van der Waals surface area contributed by atoms with Crippen LogP contribution in [0.4, 0.5) is 23.7 Å². The first-order valence-electron chi connectivity index (χ1n) is 6.20. The number of amides is 3. The minimum atomic E-state index is -4.40. The zero-order valence-electron chi connectivity index (χ0n) is 11.5. The van der Waals surface area contributed by atoms with Gasteiger partial charge in [0.2, 0.25) is 5.91 Å². The number of alkyl halides is 3. The fraction of sp³-hybridized carbons (Fsp3) is 0.385. The molecule has 0 fully saturated rings. The number of carbonyl (C=O) groups excluding carboxylic acids is 2. The average Bonchev–Trinajstić information content (AvgIpc) is 2.34. The highest BCUT2D eigenvalue weighted by Gasteiger charge is 2.29. The van der Waals surface area contributed by atoms with Gasteiger partial charge in [0, 0.05) is 11.7 Å². The van der Waals surface area contributed by atoms with E-state index >= 15 is 0 Å². The molecule has 0 spiro atoms. The van der Waals surface area contributed by atoms with E-state index in [1.807, 2.05) is 0 Å². The average molecular weight is 303 g/mol. The molecular formula is C13H16F3N3O2. The lowest BCUT2D eigenvalue weighted by Gasteiger charge is -2.11. The van der Waals surface area contributed by atoms with Crippen molar-refractivity contribution in [1.82, 2.24) is 10.6 Å². The molecule has 0 aliphatic rings. The van der Waals surface area contributed by atoms with Gasteiger partial charge in [-0.05, 0) is 38.1 Å². The first-order chi connectivity index (χ1) is 9.68. The predicted octanol–water partition coefficient (Wildman–Crippen LogP) is 2.35. The van der Waals surface area contributed by atoms with Gasteiger partial charge >= 0.3 is 12.2 Å². The van der Waals surface area contributed by atoms with E-state index in [4.69, 9.17) is 0 Å². The minimum absolute atomic E-state index is 0.110. The second-order valence-electron chi connectivity index (χ2n) is 4.61. The van der Waals surface area contributed by atoms with Gasteiger partial charge in [0.05, 0.1) is 12.1 Å². The number of rotatable bonds is 4. The van der Waals surface area contributed by atoms with Gasteiger partial charge in [-0.25, -0.2) is 4.79 Å². The highest BCUT2D eigenvalue weighted by Crippen LogP contribution is 2.29. The number of hydrogen-bond acceptors (Lipinski definition) is 3. The summed E-state index contributed by atoms with van der Waals surface area (Å²) in [4.78, 5) is 22.7. The highest BCUT2D eigenvalue weighted by atomic mass is 19.4. The largest absolute Gasteiger partial charge is 0.416 e. The summed E-state index contributed by atoms with van der Waals surface area (Å²) in [5.41, 5.74) is -0.420. The molecule has 0 saturated heterocycles. The van der Waals surface area contributed by atoms with Crippen molar-refractivity contribution in [3.8, 4) is 0 Å². The van der Waals surface area contributed by atoms with Gasteiger partial charge < -0.3 is 10.6 Å². The Bertz CT molecular complexity index is 498. The molecule has 0 aromatic heterocycles. The number of halogens is 3. The maximum atomic E-state index is 12.4. The summed E-state index contributed by atoms with van der Waals surface area (Å²) in [6.45, 7) is 3.26. The number of urea groups is 1. The van der Waals surface area contributed by atoms with Crippen LogP contribution in [-0.4, -0.2) is 24.5 Å². The zero-order valence-corrected chi connectivity index (χ0v) is 11.5. The fourth-order valence-corrected chi connectivity index (χ4v) is 1.43. The molecule has 0 bridgehead atoms. The van der Waals surface area contributed by atoms with Gasteiger partial charge in [0.15, 0.2) is 0 Å². The first kappa shape index (κ1) is 16.8. The zero-order chi connectivity index (χ0) is 16.0. The number of anilines is 1. The number of hydrogen-bond donors (Lipinski definition) is 3. The Balaban J connectivity index is 2.45. The predicted molar refractivity (Wildman–Crippen MR) is 71.7 cm³/mol. The summed E-state index contributed by atoms with van der Waals surface area (Å²) < 4.78 is 37.1. The van der Waals surface area contributed by atoms with Crippen LogP contribution in [0.1, 0.15) is 19.4 Å². The Kier molecular flexibility index (Phi) is 5.57. The van der Waals surface area contributed by atoms with Gasteiger partial charge in [-0.15, -0.1) is 0 Å². The number of benzene rings is 1. The van der Waals surface area contributed by atoms with Crippen molar-refractivity contribution in [3.63, 3.8) is 0 Å². The summed E-state index contributed by atoms with van der Waals surface area (Å²) in [6, 6.07) is 3.51. The van der Waals surface area contributed by atoms with Crippen LogP contribution in [-0.2, 0) is 11.0 Å². The monoisotopic (exact) mass is 303 g/mol. The lowest BCUT2D eigenvalue weighted by Crippen LogP contribution is -2.44. The normalized spacial score (nSPS) is 11.1. The number of nitrogens with one attached hydrogen (secondary N) is 3. The molecule has 0 saturated carbocycles.